The molecule has 1 aromatic rings. The van der Waals surface area contributed by atoms with Crippen LogP contribution in [0.4, 0.5) is 0 Å². The highest BCUT2D eigenvalue weighted by atomic mass is 32.2. The van der Waals surface area contributed by atoms with E-state index in [-0.39, 0.29) is 11.8 Å². The Morgan fingerprint density at radius 1 is 1.41 bits per heavy atom. The summed E-state index contributed by atoms with van der Waals surface area (Å²) < 4.78 is 24.7. The Morgan fingerprint density at radius 2 is 2.24 bits per heavy atom. The summed E-state index contributed by atoms with van der Waals surface area (Å²) in [6.45, 7) is 0.608. The summed E-state index contributed by atoms with van der Waals surface area (Å²) in [5.74, 6) is 1.47. The number of hydrogen-bond acceptors (Lipinski definition) is 5. The Labute approximate surface area is 100 Å². The first-order valence-electron chi connectivity index (χ1n) is 5.96. The second-order valence-electron chi connectivity index (χ2n) is 4.87. The zero-order valence-corrected chi connectivity index (χ0v) is 10.4. The number of rotatable bonds is 4. The first kappa shape index (κ1) is 11.2. The van der Waals surface area contributed by atoms with Gasteiger partial charge in [-0.3, -0.25) is 0 Å². The van der Waals surface area contributed by atoms with Crippen molar-refractivity contribution in [2.24, 2.45) is 0 Å². The molecule has 2 fully saturated rings. The van der Waals surface area contributed by atoms with Crippen molar-refractivity contribution in [3.63, 3.8) is 0 Å². The van der Waals surface area contributed by atoms with Gasteiger partial charge in [0, 0.05) is 12.1 Å². The second-order valence-corrected chi connectivity index (χ2v) is 7.10. The van der Waals surface area contributed by atoms with Crippen LogP contribution in [0.5, 0.6) is 0 Å². The molecule has 1 unspecified atom stereocenters. The van der Waals surface area contributed by atoms with Gasteiger partial charge in [-0.2, -0.15) is 0 Å². The molecule has 2 aliphatic rings. The molecule has 2 heterocycles. The first-order valence-corrected chi connectivity index (χ1v) is 7.78. The zero-order valence-electron chi connectivity index (χ0n) is 9.54. The highest BCUT2D eigenvalue weighted by Crippen LogP contribution is 2.35. The van der Waals surface area contributed by atoms with E-state index in [4.69, 9.17) is 0 Å². The van der Waals surface area contributed by atoms with Crippen molar-refractivity contribution >= 4 is 9.84 Å². The van der Waals surface area contributed by atoms with Crippen molar-refractivity contribution in [3.8, 4) is 0 Å². The monoisotopic (exact) mass is 256 g/mol. The molecule has 1 saturated heterocycles. The Bertz CT molecular complexity index is 506. The largest absolute Gasteiger partial charge is 0.313 e. The quantitative estimate of drug-likeness (QED) is 0.813. The van der Waals surface area contributed by atoms with Gasteiger partial charge in [-0.05, 0) is 19.3 Å². The molecule has 1 aliphatic heterocycles. The molecule has 3 rings (SSSR count). The van der Waals surface area contributed by atoms with Crippen LogP contribution in [-0.4, -0.2) is 40.7 Å². The molecule has 0 aromatic carbocycles. The Kier molecular flexibility index (Phi) is 2.67. The second kappa shape index (κ2) is 4.06. The first-order chi connectivity index (χ1) is 8.14. The fraction of sp³-hybridized carbons (Fsp3) is 0.800. The molecular formula is C10H16N4O2S. The Morgan fingerprint density at radius 3 is 2.88 bits per heavy atom. The summed E-state index contributed by atoms with van der Waals surface area (Å²) in [6, 6.07) is 0.637. The molecule has 1 aliphatic carbocycles. The molecular weight excluding hydrogens is 240 g/mol. The van der Waals surface area contributed by atoms with Gasteiger partial charge in [0.1, 0.15) is 12.2 Å². The summed E-state index contributed by atoms with van der Waals surface area (Å²) in [6.07, 6.45) is 4.87. The highest BCUT2D eigenvalue weighted by Gasteiger charge is 2.29. The van der Waals surface area contributed by atoms with Crippen LogP contribution in [0, 0.1) is 0 Å². The Balaban J connectivity index is 1.59. The molecule has 7 heteroatoms. The maximum absolute atomic E-state index is 11.3. The van der Waals surface area contributed by atoms with E-state index in [0.717, 1.165) is 5.82 Å². The molecule has 6 nitrogen and oxygen atoms in total. The Hall–Kier alpha value is -0.950. The summed E-state index contributed by atoms with van der Waals surface area (Å²) in [4.78, 5) is 0. The average Bonchev–Trinajstić information content (AvgIpc) is 2.91. The summed E-state index contributed by atoms with van der Waals surface area (Å²) in [7, 11) is -2.81. The zero-order chi connectivity index (χ0) is 11.9. The molecule has 0 spiro atoms. The highest BCUT2D eigenvalue weighted by molar-refractivity contribution is 7.91. The van der Waals surface area contributed by atoms with E-state index in [1.54, 1.807) is 6.33 Å². The maximum Gasteiger partial charge on any atom is 0.151 e. The van der Waals surface area contributed by atoms with Gasteiger partial charge in [-0.25, -0.2) is 8.42 Å². The number of nitrogens with zero attached hydrogens (tertiary/aromatic N) is 3. The van der Waals surface area contributed by atoms with Gasteiger partial charge in [-0.1, -0.05) is 0 Å². The van der Waals surface area contributed by atoms with Gasteiger partial charge in [0.2, 0.25) is 0 Å². The molecule has 0 radical (unpaired) electrons. The molecule has 94 valence electrons. The third-order valence-electron chi connectivity index (χ3n) is 3.37. The van der Waals surface area contributed by atoms with Gasteiger partial charge >= 0.3 is 0 Å². The summed E-state index contributed by atoms with van der Waals surface area (Å²) in [5.41, 5.74) is 0. The predicted molar refractivity (Wildman–Crippen MR) is 62.2 cm³/mol. The van der Waals surface area contributed by atoms with Crippen LogP contribution in [0.2, 0.25) is 0 Å². The third-order valence-corrected chi connectivity index (χ3v) is 5.14. The van der Waals surface area contributed by atoms with Crippen molar-refractivity contribution < 1.29 is 8.42 Å². The van der Waals surface area contributed by atoms with Gasteiger partial charge in [-0.15, -0.1) is 10.2 Å². The number of hydrogen-bond donors (Lipinski definition) is 1. The SMILES string of the molecule is O=S1(=O)CCC(NCc2nncn2C2CC2)C1. The van der Waals surface area contributed by atoms with Crippen molar-refractivity contribution in [2.75, 3.05) is 11.5 Å². The van der Waals surface area contributed by atoms with Gasteiger partial charge in [0.25, 0.3) is 0 Å². The van der Waals surface area contributed by atoms with E-state index < -0.39 is 9.84 Å². The minimum Gasteiger partial charge on any atom is -0.313 e. The topological polar surface area (TPSA) is 76.9 Å². The standard InChI is InChI=1S/C10H16N4O2S/c15-17(16)4-3-8(6-17)11-5-10-13-12-7-14(10)9-1-2-9/h7-9,11H,1-6H2. The molecule has 17 heavy (non-hydrogen) atoms. The van der Waals surface area contributed by atoms with Gasteiger partial charge in [0.15, 0.2) is 9.84 Å². The minimum atomic E-state index is -2.81. The lowest BCUT2D eigenvalue weighted by Crippen LogP contribution is -2.30. The number of aromatic nitrogens is 3. The molecule has 1 N–H and O–H groups in total. The molecule has 0 bridgehead atoms. The van der Waals surface area contributed by atoms with Crippen molar-refractivity contribution in [1.29, 1.82) is 0 Å². The van der Waals surface area contributed by atoms with Gasteiger partial charge in [0.05, 0.1) is 18.1 Å². The third kappa shape index (κ3) is 2.50. The average molecular weight is 256 g/mol. The van der Waals surface area contributed by atoms with Crippen LogP contribution in [0.1, 0.15) is 31.1 Å². The fourth-order valence-corrected chi connectivity index (χ4v) is 3.95. The van der Waals surface area contributed by atoms with Gasteiger partial charge < -0.3 is 9.88 Å². The normalized spacial score (nSPS) is 27.4. The number of nitrogens with one attached hydrogen (secondary N) is 1. The summed E-state index contributed by atoms with van der Waals surface area (Å²) in [5, 5.41) is 11.2. The van der Waals surface area contributed by atoms with Crippen LogP contribution >= 0.6 is 0 Å². The fourth-order valence-electron chi connectivity index (χ4n) is 2.24. The lowest BCUT2D eigenvalue weighted by Gasteiger charge is -2.10. The van der Waals surface area contributed by atoms with E-state index in [0.29, 0.717) is 24.8 Å². The molecule has 0 amide bonds. The lowest BCUT2D eigenvalue weighted by molar-refractivity contribution is 0.524. The molecule has 1 saturated carbocycles. The van der Waals surface area contributed by atoms with E-state index >= 15 is 0 Å². The van der Waals surface area contributed by atoms with Crippen LogP contribution < -0.4 is 5.32 Å². The lowest BCUT2D eigenvalue weighted by atomic mass is 10.2. The summed E-state index contributed by atoms with van der Waals surface area (Å²) >= 11 is 0. The molecule has 1 atom stereocenters. The van der Waals surface area contributed by atoms with E-state index in [9.17, 15) is 8.42 Å². The van der Waals surface area contributed by atoms with Crippen LogP contribution in [0.25, 0.3) is 0 Å². The predicted octanol–water partition coefficient (Wildman–Crippen LogP) is -0.110. The van der Waals surface area contributed by atoms with Crippen molar-refractivity contribution in [1.82, 2.24) is 20.1 Å². The van der Waals surface area contributed by atoms with Crippen LogP contribution in [0.15, 0.2) is 6.33 Å². The molecule has 1 aromatic heterocycles. The van der Waals surface area contributed by atoms with Crippen molar-refractivity contribution in [2.45, 2.75) is 37.9 Å². The smallest absolute Gasteiger partial charge is 0.151 e. The van der Waals surface area contributed by atoms with E-state index in [1.165, 1.54) is 12.8 Å². The number of sulfone groups is 1. The van der Waals surface area contributed by atoms with E-state index in [2.05, 4.69) is 20.1 Å². The van der Waals surface area contributed by atoms with Crippen LogP contribution in [0.3, 0.4) is 0 Å². The van der Waals surface area contributed by atoms with E-state index in [1.807, 2.05) is 0 Å². The van der Waals surface area contributed by atoms with Crippen LogP contribution in [-0.2, 0) is 16.4 Å². The van der Waals surface area contributed by atoms with Crippen molar-refractivity contribution in [3.05, 3.63) is 12.2 Å². The maximum atomic E-state index is 11.3. The minimum absolute atomic E-state index is 0.0735.